The van der Waals surface area contributed by atoms with E-state index in [9.17, 15) is 4.79 Å². The number of allylic oxidation sites excluding steroid dienone is 2. The molecule has 27 heavy (non-hydrogen) atoms. The second kappa shape index (κ2) is 8.16. The SMILES string of the molecule is O=C1/C(=C/C=C/c2ccccc2)S/C(=N/c2nccs2)N1c1ccccc1. The van der Waals surface area contributed by atoms with E-state index in [4.69, 9.17) is 0 Å². The van der Waals surface area contributed by atoms with Gasteiger partial charge < -0.3 is 0 Å². The van der Waals surface area contributed by atoms with E-state index in [2.05, 4.69) is 9.98 Å². The van der Waals surface area contributed by atoms with Gasteiger partial charge in [-0.25, -0.2) is 4.98 Å². The second-order valence-electron chi connectivity index (χ2n) is 5.59. The summed E-state index contributed by atoms with van der Waals surface area (Å²) < 4.78 is 0. The fourth-order valence-corrected chi connectivity index (χ4v) is 4.03. The van der Waals surface area contributed by atoms with Crippen molar-refractivity contribution in [2.24, 2.45) is 4.99 Å². The summed E-state index contributed by atoms with van der Waals surface area (Å²) in [5.41, 5.74) is 1.88. The van der Waals surface area contributed by atoms with E-state index < -0.39 is 0 Å². The highest BCUT2D eigenvalue weighted by Crippen LogP contribution is 2.36. The number of aromatic nitrogens is 1. The summed E-state index contributed by atoms with van der Waals surface area (Å²) >= 11 is 2.80. The highest BCUT2D eigenvalue weighted by atomic mass is 32.2. The van der Waals surface area contributed by atoms with E-state index in [0.717, 1.165) is 11.3 Å². The Bertz CT molecular complexity index is 1010. The number of aliphatic imine (C=N–C) groups is 1. The van der Waals surface area contributed by atoms with Gasteiger partial charge in [-0.2, -0.15) is 4.99 Å². The number of hydrogen-bond acceptors (Lipinski definition) is 5. The minimum absolute atomic E-state index is 0.0841. The van der Waals surface area contributed by atoms with E-state index in [0.29, 0.717) is 15.2 Å². The van der Waals surface area contributed by atoms with Crippen molar-refractivity contribution < 1.29 is 4.79 Å². The number of thiazole rings is 1. The molecule has 1 aliphatic heterocycles. The van der Waals surface area contributed by atoms with E-state index in [1.165, 1.54) is 23.1 Å². The monoisotopic (exact) mass is 389 g/mol. The van der Waals surface area contributed by atoms with E-state index in [-0.39, 0.29) is 5.91 Å². The number of nitrogens with zero attached hydrogens (tertiary/aromatic N) is 3. The number of anilines is 1. The van der Waals surface area contributed by atoms with Crippen molar-refractivity contribution in [3.8, 4) is 0 Å². The number of amides is 1. The Morgan fingerprint density at radius 3 is 2.44 bits per heavy atom. The van der Waals surface area contributed by atoms with Crippen LogP contribution >= 0.6 is 23.1 Å². The van der Waals surface area contributed by atoms with Crippen LogP contribution in [0.1, 0.15) is 5.56 Å². The largest absolute Gasteiger partial charge is 0.271 e. The van der Waals surface area contributed by atoms with Gasteiger partial charge in [0.2, 0.25) is 5.13 Å². The number of thioether (sulfide) groups is 1. The zero-order valence-corrected chi connectivity index (χ0v) is 15.9. The van der Waals surface area contributed by atoms with Crippen LogP contribution in [-0.4, -0.2) is 16.1 Å². The average Bonchev–Trinajstić information content (AvgIpc) is 3.32. The molecule has 4 rings (SSSR count). The Kier molecular flexibility index (Phi) is 5.27. The summed E-state index contributed by atoms with van der Waals surface area (Å²) in [6, 6.07) is 19.5. The maximum Gasteiger partial charge on any atom is 0.271 e. The van der Waals surface area contributed by atoms with E-state index in [1.807, 2.05) is 84.3 Å². The first-order valence-electron chi connectivity index (χ1n) is 8.30. The maximum atomic E-state index is 13.0. The quantitative estimate of drug-likeness (QED) is 0.553. The summed E-state index contributed by atoms with van der Waals surface area (Å²) in [6.45, 7) is 0. The molecule has 0 N–H and O–H groups in total. The van der Waals surface area contributed by atoms with E-state index >= 15 is 0 Å². The van der Waals surface area contributed by atoms with Crippen LogP contribution in [0.5, 0.6) is 0 Å². The zero-order valence-electron chi connectivity index (χ0n) is 14.2. The van der Waals surface area contributed by atoms with Crippen molar-refractivity contribution in [2.75, 3.05) is 4.90 Å². The van der Waals surface area contributed by atoms with Crippen LogP contribution in [-0.2, 0) is 4.79 Å². The maximum absolute atomic E-state index is 13.0. The standard InChI is InChI=1S/C21H15N3OS2/c25-19-18(13-7-10-16-8-3-1-4-9-16)27-21(23-20-22-14-15-26-20)24(19)17-11-5-2-6-12-17/h1-15H/b10-7+,18-13-,23-21+. The number of rotatable bonds is 4. The normalized spacial score (nSPS) is 17.5. The van der Waals surface area contributed by atoms with Gasteiger partial charge in [-0.1, -0.05) is 60.7 Å². The molecule has 132 valence electrons. The molecule has 2 heterocycles. The van der Waals surface area contributed by atoms with Crippen LogP contribution in [0.25, 0.3) is 6.08 Å². The first kappa shape index (κ1) is 17.5. The van der Waals surface area contributed by atoms with Crippen LogP contribution < -0.4 is 4.90 Å². The van der Waals surface area contributed by atoms with E-state index in [1.54, 1.807) is 11.1 Å². The van der Waals surface area contributed by atoms with Crippen molar-refractivity contribution in [2.45, 2.75) is 0 Å². The minimum atomic E-state index is -0.0841. The summed E-state index contributed by atoms with van der Waals surface area (Å²) in [6.07, 6.45) is 7.41. The lowest BCUT2D eigenvalue weighted by Crippen LogP contribution is -2.28. The van der Waals surface area contributed by atoms with Gasteiger partial charge in [0, 0.05) is 11.6 Å². The van der Waals surface area contributed by atoms with Gasteiger partial charge in [0.1, 0.15) is 0 Å². The third kappa shape index (κ3) is 4.07. The van der Waals surface area contributed by atoms with Crippen molar-refractivity contribution in [1.29, 1.82) is 0 Å². The van der Waals surface area contributed by atoms with Crippen molar-refractivity contribution in [3.63, 3.8) is 0 Å². The third-order valence-corrected chi connectivity index (χ3v) is 5.42. The predicted octanol–water partition coefficient (Wildman–Crippen LogP) is 5.51. The Balaban J connectivity index is 1.66. The van der Waals surface area contributed by atoms with Gasteiger partial charge in [-0.05, 0) is 35.5 Å². The summed E-state index contributed by atoms with van der Waals surface area (Å²) in [4.78, 5) is 24.0. The predicted molar refractivity (Wildman–Crippen MR) is 114 cm³/mol. The molecule has 0 spiro atoms. The highest BCUT2D eigenvalue weighted by Gasteiger charge is 2.34. The van der Waals surface area contributed by atoms with Gasteiger partial charge in [-0.15, -0.1) is 11.3 Å². The third-order valence-electron chi connectivity index (χ3n) is 3.77. The number of carbonyl (C=O) groups is 1. The lowest BCUT2D eigenvalue weighted by Gasteiger charge is -2.14. The molecule has 3 aromatic rings. The number of amidine groups is 1. The molecule has 0 aliphatic carbocycles. The lowest BCUT2D eigenvalue weighted by atomic mass is 10.2. The molecule has 0 unspecified atom stereocenters. The Morgan fingerprint density at radius 1 is 1.00 bits per heavy atom. The topological polar surface area (TPSA) is 45.6 Å². The molecule has 0 saturated carbocycles. The highest BCUT2D eigenvalue weighted by molar-refractivity contribution is 8.19. The van der Waals surface area contributed by atoms with Crippen LogP contribution in [0.3, 0.4) is 0 Å². The molecular formula is C21H15N3OS2. The summed E-state index contributed by atoms with van der Waals surface area (Å²) in [5, 5.41) is 3.11. The van der Waals surface area contributed by atoms with Gasteiger partial charge in [0.05, 0.1) is 10.6 Å². The Morgan fingerprint density at radius 2 is 1.74 bits per heavy atom. The average molecular weight is 390 g/mol. The van der Waals surface area contributed by atoms with Crippen molar-refractivity contribution in [3.05, 3.63) is 94.9 Å². The first-order valence-corrected chi connectivity index (χ1v) is 10.00. The molecule has 0 bridgehead atoms. The molecule has 0 radical (unpaired) electrons. The molecule has 1 aromatic heterocycles. The van der Waals surface area contributed by atoms with Gasteiger partial charge >= 0.3 is 0 Å². The summed E-state index contributed by atoms with van der Waals surface area (Å²) in [5.74, 6) is -0.0841. The minimum Gasteiger partial charge on any atom is -0.268 e. The van der Waals surface area contributed by atoms with Crippen molar-refractivity contribution >= 4 is 51.1 Å². The number of para-hydroxylation sites is 1. The molecule has 1 amide bonds. The zero-order chi connectivity index (χ0) is 18.5. The molecule has 1 aliphatic rings. The molecule has 2 aromatic carbocycles. The molecule has 0 atom stereocenters. The van der Waals surface area contributed by atoms with Crippen LogP contribution in [0.4, 0.5) is 10.8 Å². The van der Waals surface area contributed by atoms with Crippen LogP contribution in [0.2, 0.25) is 0 Å². The Hall–Kier alpha value is -2.96. The molecule has 1 fully saturated rings. The molecule has 4 nitrogen and oxygen atoms in total. The molecule has 1 saturated heterocycles. The fraction of sp³-hybridized carbons (Fsp3) is 0. The number of hydrogen-bond donors (Lipinski definition) is 0. The fourth-order valence-electron chi connectivity index (χ4n) is 2.53. The molecule has 6 heteroatoms. The summed E-state index contributed by atoms with van der Waals surface area (Å²) in [7, 11) is 0. The molecular weight excluding hydrogens is 374 g/mol. The van der Waals surface area contributed by atoms with Crippen molar-refractivity contribution in [1.82, 2.24) is 4.98 Å². The second-order valence-corrected chi connectivity index (χ2v) is 7.47. The van der Waals surface area contributed by atoms with Crippen LogP contribution in [0, 0.1) is 0 Å². The number of benzene rings is 2. The van der Waals surface area contributed by atoms with Gasteiger partial charge in [-0.3, -0.25) is 9.69 Å². The van der Waals surface area contributed by atoms with Gasteiger partial charge in [0.25, 0.3) is 5.91 Å². The van der Waals surface area contributed by atoms with Gasteiger partial charge in [0.15, 0.2) is 5.17 Å². The number of carbonyl (C=O) groups excluding carboxylic acids is 1. The lowest BCUT2D eigenvalue weighted by molar-refractivity contribution is -0.113. The Labute approximate surface area is 165 Å². The van der Waals surface area contributed by atoms with Crippen LogP contribution in [0.15, 0.2) is 94.3 Å². The first-order chi connectivity index (χ1) is 13.3. The smallest absolute Gasteiger partial charge is 0.268 e.